The predicted molar refractivity (Wildman–Crippen MR) is 128 cm³/mol. The molecule has 2 bridgehead atoms. The number of amides is 1. The highest BCUT2D eigenvalue weighted by atomic mass is 19.1. The van der Waals surface area contributed by atoms with E-state index in [2.05, 4.69) is 21.1 Å². The minimum atomic E-state index is -0.373. The molecule has 5 rings (SSSR count). The molecule has 1 aromatic heterocycles. The first kappa shape index (κ1) is 22.1. The van der Waals surface area contributed by atoms with Crippen LogP contribution in [0.1, 0.15) is 60.1 Å². The summed E-state index contributed by atoms with van der Waals surface area (Å²) in [5, 5.41) is 16.5. The Balaban J connectivity index is 1.74. The second kappa shape index (κ2) is 8.28. The van der Waals surface area contributed by atoms with E-state index in [4.69, 9.17) is 5.73 Å². The summed E-state index contributed by atoms with van der Waals surface area (Å²) in [6, 6.07) is 8.23. The highest BCUT2D eigenvalue weighted by molar-refractivity contribution is 6.05. The van der Waals surface area contributed by atoms with E-state index in [1.54, 1.807) is 24.2 Å². The number of nitriles is 1. The first-order valence-electron chi connectivity index (χ1n) is 11.6. The van der Waals surface area contributed by atoms with Crippen molar-refractivity contribution in [2.75, 3.05) is 30.8 Å². The van der Waals surface area contributed by atoms with Crippen molar-refractivity contribution in [3.63, 3.8) is 0 Å². The van der Waals surface area contributed by atoms with Crippen LogP contribution in [-0.4, -0.2) is 58.7 Å². The first-order chi connectivity index (χ1) is 16.3. The molecule has 2 N–H and O–H groups in total. The van der Waals surface area contributed by atoms with E-state index in [1.807, 2.05) is 24.9 Å². The van der Waals surface area contributed by atoms with E-state index in [0.29, 0.717) is 35.7 Å². The van der Waals surface area contributed by atoms with Crippen LogP contribution in [0.25, 0.3) is 0 Å². The van der Waals surface area contributed by atoms with Crippen molar-refractivity contribution in [1.82, 2.24) is 14.9 Å². The topological polar surface area (TPSA) is 102 Å². The molecular formula is C25H28FN7O. The number of aromatic nitrogens is 1. The molecular weight excluding hydrogens is 433 g/mol. The predicted octanol–water partition coefficient (Wildman–Crippen LogP) is 3.29. The third kappa shape index (κ3) is 3.45. The van der Waals surface area contributed by atoms with Crippen LogP contribution in [0.3, 0.4) is 0 Å². The van der Waals surface area contributed by atoms with Gasteiger partial charge in [0, 0.05) is 37.9 Å². The number of nitrogen functional groups attached to an aromatic ring is 1. The van der Waals surface area contributed by atoms with Gasteiger partial charge in [-0.1, -0.05) is 0 Å². The number of rotatable bonds is 1. The van der Waals surface area contributed by atoms with Gasteiger partial charge < -0.3 is 15.5 Å². The molecule has 3 aliphatic heterocycles. The van der Waals surface area contributed by atoms with Gasteiger partial charge >= 0.3 is 0 Å². The summed E-state index contributed by atoms with van der Waals surface area (Å²) in [6.07, 6.45) is 3.36. The van der Waals surface area contributed by atoms with Gasteiger partial charge in [0.15, 0.2) is 0 Å². The van der Waals surface area contributed by atoms with Crippen molar-refractivity contribution >= 4 is 23.1 Å². The lowest BCUT2D eigenvalue weighted by atomic mass is 9.87. The number of nitrogens with zero attached hydrogens (tertiary/aromatic N) is 6. The summed E-state index contributed by atoms with van der Waals surface area (Å²) < 4.78 is 14.4. The van der Waals surface area contributed by atoms with Crippen molar-refractivity contribution in [3.05, 3.63) is 53.0 Å². The maximum Gasteiger partial charge on any atom is 0.254 e. The Morgan fingerprint density at radius 3 is 2.82 bits per heavy atom. The first-order valence-corrected chi connectivity index (χ1v) is 11.6. The number of pyridine rings is 1. The normalized spacial score (nSPS) is 24.1. The number of hydrogen-bond donors (Lipinski definition) is 1. The number of carbonyl (C=O) groups is 1. The SMILES string of the molecule is CC(C)N1N=C(C#N)C2c3cnc(N)c(c3)N3CCC[C@@H]3c3cc(F)ccc3C(=O)N(C)CC21. The van der Waals surface area contributed by atoms with E-state index in [9.17, 15) is 14.4 Å². The minimum Gasteiger partial charge on any atom is -0.382 e. The van der Waals surface area contributed by atoms with Crippen molar-refractivity contribution in [2.24, 2.45) is 5.10 Å². The maximum atomic E-state index is 14.4. The number of carbonyl (C=O) groups excluding carboxylic acids is 1. The van der Waals surface area contributed by atoms with E-state index < -0.39 is 0 Å². The smallest absolute Gasteiger partial charge is 0.254 e. The maximum absolute atomic E-state index is 14.4. The van der Waals surface area contributed by atoms with Gasteiger partial charge in [0.05, 0.1) is 23.7 Å². The third-order valence-corrected chi connectivity index (χ3v) is 7.14. The average molecular weight is 462 g/mol. The number of nitrogens with two attached hydrogens (primary N) is 1. The fraction of sp³-hybridized carbons (Fsp3) is 0.440. The Morgan fingerprint density at radius 2 is 2.09 bits per heavy atom. The zero-order chi connectivity index (χ0) is 24.1. The van der Waals surface area contributed by atoms with Gasteiger partial charge in [0.2, 0.25) is 0 Å². The van der Waals surface area contributed by atoms with Crippen LogP contribution in [-0.2, 0) is 0 Å². The second-order valence-electron chi connectivity index (χ2n) is 9.56. The largest absolute Gasteiger partial charge is 0.382 e. The summed E-state index contributed by atoms with van der Waals surface area (Å²) in [5.41, 5.74) is 9.47. The highest BCUT2D eigenvalue weighted by Crippen LogP contribution is 2.43. The van der Waals surface area contributed by atoms with E-state index in [-0.39, 0.29) is 35.8 Å². The monoisotopic (exact) mass is 461 g/mol. The van der Waals surface area contributed by atoms with Gasteiger partial charge in [-0.25, -0.2) is 9.37 Å². The number of likely N-dealkylation sites (N-methyl/N-ethyl adjacent to an activating group) is 1. The van der Waals surface area contributed by atoms with Crippen molar-refractivity contribution in [1.29, 1.82) is 5.26 Å². The van der Waals surface area contributed by atoms with Gasteiger partial charge in [0.1, 0.15) is 23.4 Å². The Bertz CT molecular complexity index is 1220. The number of benzene rings is 1. The van der Waals surface area contributed by atoms with E-state index in [0.717, 1.165) is 24.1 Å². The lowest BCUT2D eigenvalue weighted by Gasteiger charge is -2.36. The summed E-state index contributed by atoms with van der Waals surface area (Å²) in [7, 11) is 1.75. The number of anilines is 2. The average Bonchev–Trinajstić information content (AvgIpc) is 3.43. The lowest BCUT2D eigenvalue weighted by molar-refractivity contribution is 0.0711. The Labute approximate surface area is 198 Å². The van der Waals surface area contributed by atoms with Crippen molar-refractivity contribution < 1.29 is 9.18 Å². The summed E-state index contributed by atoms with van der Waals surface area (Å²) in [5.74, 6) is -0.519. The van der Waals surface area contributed by atoms with Gasteiger partial charge in [-0.05, 0) is 62.1 Å². The Morgan fingerprint density at radius 1 is 1.29 bits per heavy atom. The summed E-state index contributed by atoms with van der Waals surface area (Å²) in [4.78, 5) is 21.9. The van der Waals surface area contributed by atoms with E-state index in [1.165, 1.54) is 12.1 Å². The Kier molecular flexibility index (Phi) is 5.39. The molecule has 0 saturated carbocycles. The number of hydrogen-bond acceptors (Lipinski definition) is 7. The standard InChI is InChI=1S/C25H28FN7O/c1-14(2)33-22-13-31(3)25(34)17-7-6-16(26)10-18(17)20-5-4-8-32(20)21-9-15(12-29-24(21)28)23(22)19(11-27)30-33/h6-7,9-10,12,14,20,22-23H,4-5,8,13H2,1-3H3,(H2,28,29)/t20-,22?,23?/m1/s1. The van der Waals surface area contributed by atoms with Crippen molar-refractivity contribution in [3.8, 4) is 6.07 Å². The van der Waals surface area contributed by atoms with E-state index >= 15 is 0 Å². The quantitative estimate of drug-likeness (QED) is 0.699. The summed E-state index contributed by atoms with van der Waals surface area (Å²) >= 11 is 0. The summed E-state index contributed by atoms with van der Waals surface area (Å²) in [6.45, 7) is 5.09. The van der Waals surface area contributed by atoms with Crippen LogP contribution in [0, 0.1) is 17.1 Å². The second-order valence-corrected chi connectivity index (χ2v) is 9.56. The molecule has 176 valence electrons. The fourth-order valence-electron chi connectivity index (χ4n) is 5.59. The third-order valence-electron chi connectivity index (χ3n) is 7.14. The van der Waals surface area contributed by atoms with Gasteiger partial charge in [-0.15, -0.1) is 0 Å². The molecule has 3 aliphatic rings. The van der Waals surface area contributed by atoms with Crippen LogP contribution >= 0.6 is 0 Å². The molecule has 1 fully saturated rings. The molecule has 1 aromatic carbocycles. The minimum absolute atomic E-state index is 0.0281. The van der Waals surface area contributed by atoms with Crippen LogP contribution in [0.15, 0.2) is 35.6 Å². The van der Waals surface area contributed by atoms with Gasteiger partial charge in [-0.2, -0.15) is 10.4 Å². The van der Waals surface area contributed by atoms with Crippen LogP contribution < -0.4 is 10.6 Å². The molecule has 0 aliphatic carbocycles. The number of hydrazone groups is 1. The molecule has 1 amide bonds. The molecule has 34 heavy (non-hydrogen) atoms. The number of fused-ring (bicyclic) bond motifs is 8. The fourth-order valence-corrected chi connectivity index (χ4v) is 5.59. The van der Waals surface area contributed by atoms with Crippen molar-refractivity contribution in [2.45, 2.75) is 50.7 Å². The van der Waals surface area contributed by atoms with Crippen LogP contribution in [0.2, 0.25) is 0 Å². The molecule has 0 radical (unpaired) electrons. The van der Waals surface area contributed by atoms with Gasteiger partial charge in [0.25, 0.3) is 5.91 Å². The molecule has 9 heteroatoms. The zero-order valence-electron chi connectivity index (χ0n) is 19.6. The molecule has 4 heterocycles. The van der Waals surface area contributed by atoms with Gasteiger partial charge in [-0.3, -0.25) is 9.80 Å². The molecule has 2 aromatic rings. The lowest BCUT2D eigenvalue weighted by Crippen LogP contribution is -2.46. The molecule has 0 spiro atoms. The zero-order valence-corrected chi connectivity index (χ0v) is 19.6. The molecule has 8 nitrogen and oxygen atoms in total. The molecule has 1 saturated heterocycles. The molecule has 2 unspecified atom stereocenters. The highest BCUT2D eigenvalue weighted by Gasteiger charge is 2.42. The molecule has 3 atom stereocenters. The number of halogens is 1. The Hall–Kier alpha value is -3.67. The van der Waals surface area contributed by atoms with Crippen LogP contribution in [0.5, 0.6) is 0 Å². The van der Waals surface area contributed by atoms with Crippen LogP contribution in [0.4, 0.5) is 15.9 Å².